The second-order valence-corrected chi connectivity index (χ2v) is 7.85. The van der Waals surface area contributed by atoms with Gasteiger partial charge in [0.25, 0.3) is 11.9 Å². The van der Waals surface area contributed by atoms with E-state index < -0.39 is 18.1 Å². The van der Waals surface area contributed by atoms with Crippen LogP contribution in [-0.2, 0) is 15.0 Å². The highest BCUT2D eigenvalue weighted by molar-refractivity contribution is 7.10. The molecule has 0 aliphatic carbocycles. The Balaban J connectivity index is 0.00000272. The minimum Gasteiger partial charge on any atom is -0.465 e. The lowest BCUT2D eigenvalue weighted by Gasteiger charge is -2.43. The summed E-state index contributed by atoms with van der Waals surface area (Å²) in [6.07, 6.45) is 1.87. The summed E-state index contributed by atoms with van der Waals surface area (Å²) in [5.74, 6) is -0.300. The minimum absolute atomic E-state index is 0. The first kappa shape index (κ1) is 22.8. The van der Waals surface area contributed by atoms with Crippen molar-refractivity contribution in [2.45, 2.75) is 39.0 Å². The largest absolute Gasteiger partial charge is 0.465 e. The smallest absolute Gasteiger partial charge is 0.387 e. The molecule has 0 saturated carbocycles. The first-order chi connectivity index (χ1) is 14.4. The zero-order valence-corrected chi connectivity index (χ0v) is 16.7. The van der Waals surface area contributed by atoms with Crippen LogP contribution in [0.15, 0.2) is 28.7 Å². The molecule has 0 unspecified atom stereocenters. The van der Waals surface area contributed by atoms with E-state index in [-0.39, 0.29) is 36.9 Å². The zero-order chi connectivity index (χ0) is 21.3. The van der Waals surface area contributed by atoms with Gasteiger partial charge < -0.3 is 25.3 Å². The van der Waals surface area contributed by atoms with Crippen molar-refractivity contribution in [3.05, 3.63) is 34.4 Å². The van der Waals surface area contributed by atoms with Crippen LogP contribution < -0.4 is 15.8 Å². The summed E-state index contributed by atoms with van der Waals surface area (Å²) in [7, 11) is 0. The molecule has 0 spiro atoms. The van der Waals surface area contributed by atoms with Gasteiger partial charge in [-0.25, -0.2) is 15.0 Å². The fourth-order valence-corrected chi connectivity index (χ4v) is 4.44. The molecule has 4 rings (SSSR count). The number of nitrogens with zero attached hydrogens (tertiary/aromatic N) is 3. The number of amides is 1. The highest BCUT2D eigenvalue weighted by Gasteiger charge is 2.50. The molecule has 3 N–H and O–H groups in total. The van der Waals surface area contributed by atoms with E-state index in [9.17, 15) is 13.6 Å². The summed E-state index contributed by atoms with van der Waals surface area (Å²) in [4.78, 5) is 25.3. The summed E-state index contributed by atoms with van der Waals surface area (Å²) in [6.45, 7) is -0.237. The predicted octanol–water partition coefficient (Wildman–Crippen LogP) is 2.99. The summed E-state index contributed by atoms with van der Waals surface area (Å²) in [6, 6.07) is 2.61. The molecule has 9 nitrogen and oxygen atoms in total. The Morgan fingerprint density at radius 1 is 1.45 bits per heavy atom. The molecule has 2 aliphatic rings. The van der Waals surface area contributed by atoms with E-state index in [1.54, 1.807) is 5.38 Å². The van der Waals surface area contributed by atoms with Crippen LogP contribution >= 0.6 is 11.3 Å². The molecule has 3 atom stereocenters. The van der Waals surface area contributed by atoms with Crippen LogP contribution in [0.25, 0.3) is 0 Å². The Bertz CT molecular complexity index is 955. The van der Waals surface area contributed by atoms with E-state index in [2.05, 4.69) is 25.0 Å². The minimum atomic E-state index is -2.96. The van der Waals surface area contributed by atoms with E-state index in [1.165, 1.54) is 23.5 Å². The normalized spacial score (nSPS) is 25.0. The van der Waals surface area contributed by atoms with Gasteiger partial charge >= 0.3 is 6.61 Å². The predicted molar refractivity (Wildman–Crippen MR) is 110 cm³/mol. The highest BCUT2D eigenvalue weighted by Crippen LogP contribution is 2.44. The van der Waals surface area contributed by atoms with Crippen molar-refractivity contribution < 1.29 is 27.8 Å². The molecule has 2 aromatic heterocycles. The number of rotatable bonds is 5. The van der Waals surface area contributed by atoms with Gasteiger partial charge in [0.1, 0.15) is 27.8 Å². The van der Waals surface area contributed by atoms with Crippen molar-refractivity contribution in [3.63, 3.8) is 0 Å². The van der Waals surface area contributed by atoms with Crippen molar-refractivity contribution in [2.24, 2.45) is 16.6 Å². The van der Waals surface area contributed by atoms with Gasteiger partial charge in [0.15, 0.2) is 0 Å². The number of pyridine rings is 1. The number of anilines is 1. The Morgan fingerprint density at radius 3 is 2.97 bits per heavy atom. The lowest BCUT2D eigenvalue weighted by molar-refractivity contribution is -0.0734. The molecule has 1 saturated heterocycles. The molecule has 31 heavy (non-hydrogen) atoms. The number of aromatic nitrogens is 2. The second kappa shape index (κ2) is 9.10. The van der Waals surface area contributed by atoms with Crippen LogP contribution in [0.3, 0.4) is 0 Å². The number of nitrogens with one attached hydrogen (secondary N) is 1. The number of carbonyl (C=O) groups excluding carboxylic acids is 1. The SMILES string of the molecule is C.C[C@H]1C[C@H]2COC(N)=N[C@@]2(c2nc(NC(=O)c3ccc(OC(F)F)cn3)cs2)CO1. The quantitative estimate of drug-likeness (QED) is 0.711. The van der Waals surface area contributed by atoms with Crippen LogP contribution in [0, 0.1) is 5.92 Å². The fourth-order valence-electron chi connectivity index (χ4n) is 3.48. The van der Waals surface area contributed by atoms with Gasteiger partial charge in [-0.3, -0.25) is 4.79 Å². The number of aliphatic imine (C=N–C) groups is 1. The monoisotopic (exact) mass is 455 g/mol. The fraction of sp³-hybridized carbons (Fsp3) is 0.474. The molecule has 0 bridgehead atoms. The molecular formula is C19H23F2N5O4S. The standard InChI is InChI=1S/C18H19F2N5O4S.CH4/c1-9-4-10-6-27-17(21)25-18(10,8-28-9)15-24-13(7-30-15)23-14(26)12-3-2-11(5-22-12)29-16(19)20;/h2-3,5,7,9-10,16H,4,6,8H2,1H3,(H2,21,25)(H,23,26);1H4/t9-,10-,18-;/m0./s1. The maximum atomic E-state index is 12.4. The lowest BCUT2D eigenvalue weighted by atomic mass is 9.79. The average molecular weight is 455 g/mol. The van der Waals surface area contributed by atoms with Crippen LogP contribution in [0.2, 0.25) is 0 Å². The zero-order valence-electron chi connectivity index (χ0n) is 15.9. The van der Waals surface area contributed by atoms with Gasteiger partial charge in [-0.1, -0.05) is 7.43 Å². The van der Waals surface area contributed by atoms with E-state index in [0.717, 1.165) is 12.6 Å². The average Bonchev–Trinajstić information content (AvgIpc) is 3.17. The number of fused-ring (bicyclic) bond motifs is 1. The van der Waals surface area contributed by atoms with E-state index in [1.807, 2.05) is 6.92 Å². The topological polar surface area (TPSA) is 121 Å². The number of hydrogen-bond donors (Lipinski definition) is 2. The lowest BCUT2D eigenvalue weighted by Crippen LogP contribution is -2.51. The number of halogens is 2. The Labute approximate surface area is 181 Å². The first-order valence-electron chi connectivity index (χ1n) is 9.13. The van der Waals surface area contributed by atoms with Crippen molar-refractivity contribution in [1.29, 1.82) is 0 Å². The summed E-state index contributed by atoms with van der Waals surface area (Å²) < 4.78 is 39.9. The number of amidine groups is 1. The molecule has 12 heteroatoms. The number of carbonyl (C=O) groups is 1. The Kier molecular flexibility index (Phi) is 6.70. The third kappa shape index (κ3) is 4.74. The number of alkyl halides is 2. The maximum absolute atomic E-state index is 12.4. The summed E-state index contributed by atoms with van der Waals surface area (Å²) in [5.41, 5.74) is 5.10. The van der Waals surface area contributed by atoms with Gasteiger partial charge in [0.2, 0.25) is 0 Å². The molecule has 2 aliphatic heterocycles. The van der Waals surface area contributed by atoms with Gasteiger partial charge in [-0.2, -0.15) is 8.78 Å². The number of thiazole rings is 1. The van der Waals surface area contributed by atoms with Gasteiger partial charge in [0, 0.05) is 11.3 Å². The molecule has 1 amide bonds. The molecule has 4 heterocycles. The third-order valence-corrected chi connectivity index (χ3v) is 5.94. The van der Waals surface area contributed by atoms with Crippen LogP contribution in [0.1, 0.15) is 36.3 Å². The Morgan fingerprint density at radius 2 is 2.26 bits per heavy atom. The number of nitrogens with two attached hydrogens (primary N) is 1. The van der Waals surface area contributed by atoms with Crippen LogP contribution in [0.4, 0.5) is 14.6 Å². The van der Waals surface area contributed by atoms with Crippen molar-refractivity contribution >= 4 is 29.1 Å². The molecule has 0 aromatic carbocycles. The second-order valence-electron chi connectivity index (χ2n) is 6.99. The molecule has 1 fully saturated rings. The maximum Gasteiger partial charge on any atom is 0.387 e. The highest BCUT2D eigenvalue weighted by atomic mass is 32.1. The third-order valence-electron chi connectivity index (χ3n) is 4.93. The number of ether oxygens (including phenoxy) is 3. The first-order valence-corrected chi connectivity index (χ1v) is 10.0. The summed E-state index contributed by atoms with van der Waals surface area (Å²) in [5, 5.41) is 5.00. The van der Waals surface area contributed by atoms with Crippen molar-refractivity contribution in [3.8, 4) is 5.75 Å². The molecule has 2 aromatic rings. The van der Waals surface area contributed by atoms with E-state index in [0.29, 0.717) is 24.0 Å². The van der Waals surface area contributed by atoms with Crippen molar-refractivity contribution in [1.82, 2.24) is 9.97 Å². The van der Waals surface area contributed by atoms with Crippen LogP contribution in [0.5, 0.6) is 5.75 Å². The molecule has 168 valence electrons. The van der Waals surface area contributed by atoms with Crippen molar-refractivity contribution in [2.75, 3.05) is 18.5 Å². The van der Waals surface area contributed by atoms with E-state index in [4.69, 9.17) is 15.2 Å². The van der Waals surface area contributed by atoms with Gasteiger partial charge in [-0.15, -0.1) is 11.3 Å². The molecular weight excluding hydrogens is 432 g/mol. The number of hydrogen-bond acceptors (Lipinski definition) is 9. The van der Waals surface area contributed by atoms with Gasteiger partial charge in [-0.05, 0) is 25.5 Å². The summed E-state index contributed by atoms with van der Waals surface area (Å²) >= 11 is 1.33. The van der Waals surface area contributed by atoms with Gasteiger partial charge in [0.05, 0.1) is 25.5 Å². The Hall–Kier alpha value is -2.86. The van der Waals surface area contributed by atoms with Crippen LogP contribution in [-0.4, -0.2) is 47.8 Å². The molecule has 0 radical (unpaired) electrons. The van der Waals surface area contributed by atoms with E-state index >= 15 is 0 Å².